The van der Waals surface area contributed by atoms with Gasteiger partial charge in [-0.25, -0.2) is 4.39 Å². The summed E-state index contributed by atoms with van der Waals surface area (Å²) in [6.45, 7) is 14.2. The first kappa shape index (κ1) is 20.6. The van der Waals surface area contributed by atoms with Crippen LogP contribution in [0, 0.1) is 12.7 Å². The Morgan fingerprint density at radius 1 is 1.42 bits per heavy atom. The van der Waals surface area contributed by atoms with Crippen LogP contribution in [-0.4, -0.2) is 55.8 Å². The number of nitrogens with one attached hydrogen (secondary N) is 2. The van der Waals surface area contributed by atoms with Gasteiger partial charge in [-0.3, -0.25) is 9.89 Å². The Morgan fingerprint density at radius 3 is 2.85 bits per heavy atom. The van der Waals surface area contributed by atoms with E-state index in [1.807, 2.05) is 26.0 Å². The summed E-state index contributed by atoms with van der Waals surface area (Å²) in [5.41, 5.74) is 1.57. The molecular weight excluding hydrogens is 331 g/mol. The molecule has 2 rings (SSSR count). The minimum Gasteiger partial charge on any atom is -0.379 e. The Hall–Kier alpha value is -1.66. The molecule has 1 aromatic carbocycles. The summed E-state index contributed by atoms with van der Waals surface area (Å²) in [4.78, 5) is 7.19. The van der Waals surface area contributed by atoms with Gasteiger partial charge in [-0.15, -0.1) is 0 Å². The highest BCUT2D eigenvalue weighted by atomic mass is 19.1. The molecule has 6 heteroatoms. The fourth-order valence-corrected chi connectivity index (χ4v) is 3.21. The molecule has 26 heavy (non-hydrogen) atoms. The molecule has 1 aliphatic heterocycles. The highest BCUT2D eigenvalue weighted by Crippen LogP contribution is 2.16. The van der Waals surface area contributed by atoms with Crippen LogP contribution in [0.15, 0.2) is 23.2 Å². The predicted molar refractivity (Wildman–Crippen MR) is 105 cm³/mol. The minimum atomic E-state index is -0.173. The molecule has 3 atom stereocenters. The lowest BCUT2D eigenvalue weighted by molar-refractivity contribution is -0.0165. The van der Waals surface area contributed by atoms with Gasteiger partial charge in [0.15, 0.2) is 5.96 Å². The second-order valence-electron chi connectivity index (χ2n) is 7.11. The van der Waals surface area contributed by atoms with Gasteiger partial charge in [0.2, 0.25) is 0 Å². The fourth-order valence-electron chi connectivity index (χ4n) is 3.21. The highest BCUT2D eigenvalue weighted by Gasteiger charge is 2.23. The van der Waals surface area contributed by atoms with Gasteiger partial charge >= 0.3 is 0 Å². The van der Waals surface area contributed by atoms with Crippen molar-refractivity contribution in [1.82, 2.24) is 15.5 Å². The minimum absolute atomic E-state index is 0.0273. The number of halogens is 1. The average molecular weight is 365 g/mol. The molecule has 3 unspecified atom stereocenters. The number of aliphatic imine (C=N–C) groups is 1. The zero-order chi connectivity index (χ0) is 19.1. The molecule has 0 spiro atoms. The molecule has 0 amide bonds. The first-order valence-corrected chi connectivity index (χ1v) is 9.56. The van der Waals surface area contributed by atoms with Crippen LogP contribution in [0.3, 0.4) is 0 Å². The molecule has 0 radical (unpaired) electrons. The summed E-state index contributed by atoms with van der Waals surface area (Å²) in [7, 11) is 0. The number of rotatable bonds is 6. The van der Waals surface area contributed by atoms with E-state index in [1.165, 1.54) is 0 Å². The Morgan fingerprint density at radius 2 is 2.19 bits per heavy atom. The van der Waals surface area contributed by atoms with Gasteiger partial charge in [0.05, 0.1) is 25.8 Å². The number of guanidine groups is 1. The molecule has 1 aromatic rings. The average Bonchev–Trinajstić information content (AvgIpc) is 2.62. The van der Waals surface area contributed by atoms with Crippen molar-refractivity contribution in [3.05, 3.63) is 35.1 Å². The summed E-state index contributed by atoms with van der Waals surface area (Å²) in [5, 5.41) is 6.66. The third-order valence-electron chi connectivity index (χ3n) is 4.89. The normalized spacial score (nSPS) is 21.3. The predicted octanol–water partition coefficient (Wildman–Crippen LogP) is 2.86. The first-order chi connectivity index (χ1) is 12.4. The molecule has 1 heterocycles. The van der Waals surface area contributed by atoms with Crippen LogP contribution in [0.5, 0.6) is 0 Å². The van der Waals surface area contributed by atoms with E-state index in [-0.39, 0.29) is 11.9 Å². The number of nitrogens with zero attached hydrogens (tertiary/aromatic N) is 2. The van der Waals surface area contributed by atoms with Crippen LogP contribution in [0.1, 0.15) is 44.9 Å². The van der Waals surface area contributed by atoms with E-state index < -0.39 is 0 Å². The lowest BCUT2D eigenvalue weighted by Gasteiger charge is -2.37. The zero-order valence-corrected chi connectivity index (χ0v) is 16.7. The van der Waals surface area contributed by atoms with E-state index in [9.17, 15) is 4.39 Å². The van der Waals surface area contributed by atoms with E-state index in [1.54, 1.807) is 13.0 Å². The van der Waals surface area contributed by atoms with Crippen LogP contribution >= 0.6 is 0 Å². The Balaban J connectivity index is 1.99. The second kappa shape index (κ2) is 9.88. The van der Waals surface area contributed by atoms with Gasteiger partial charge in [-0.1, -0.05) is 12.1 Å². The standard InChI is InChI=1S/C20H33FN4O/c1-6-22-20(23-12-15(3)25-9-10-26-13-16(25)4)24-17(5)18-8-7-14(2)19(21)11-18/h7-8,11,15-17H,6,9-10,12-13H2,1-5H3,(H2,22,23,24). The van der Waals surface area contributed by atoms with E-state index >= 15 is 0 Å². The number of ether oxygens (including phenoxy) is 1. The Labute approximate surface area is 157 Å². The van der Waals surface area contributed by atoms with E-state index in [2.05, 4.69) is 29.4 Å². The largest absolute Gasteiger partial charge is 0.379 e. The van der Waals surface area contributed by atoms with Gasteiger partial charge in [0.1, 0.15) is 5.82 Å². The molecule has 1 fully saturated rings. The van der Waals surface area contributed by atoms with Gasteiger partial charge in [-0.2, -0.15) is 0 Å². The monoisotopic (exact) mass is 364 g/mol. The van der Waals surface area contributed by atoms with Crippen molar-refractivity contribution in [2.24, 2.45) is 4.99 Å². The molecule has 0 aromatic heterocycles. The number of hydrogen-bond acceptors (Lipinski definition) is 3. The SMILES string of the molecule is CCNC(=NCC(C)N1CCOCC1C)NC(C)c1ccc(C)c(F)c1. The van der Waals surface area contributed by atoms with Crippen LogP contribution in [0.4, 0.5) is 4.39 Å². The smallest absolute Gasteiger partial charge is 0.191 e. The molecule has 1 saturated heterocycles. The van der Waals surface area contributed by atoms with Crippen LogP contribution < -0.4 is 10.6 Å². The fraction of sp³-hybridized carbons (Fsp3) is 0.650. The molecular formula is C20H33FN4O. The van der Waals surface area contributed by atoms with E-state index in [0.717, 1.165) is 37.8 Å². The highest BCUT2D eigenvalue weighted by molar-refractivity contribution is 5.80. The summed E-state index contributed by atoms with van der Waals surface area (Å²) >= 11 is 0. The lowest BCUT2D eigenvalue weighted by Crippen LogP contribution is -2.49. The number of morpholine rings is 1. The third-order valence-corrected chi connectivity index (χ3v) is 4.89. The van der Waals surface area contributed by atoms with Crippen LogP contribution in [-0.2, 0) is 4.74 Å². The maximum atomic E-state index is 13.8. The van der Waals surface area contributed by atoms with Crippen LogP contribution in [0.25, 0.3) is 0 Å². The van der Waals surface area contributed by atoms with Crippen LogP contribution in [0.2, 0.25) is 0 Å². The third kappa shape index (κ3) is 5.68. The zero-order valence-electron chi connectivity index (χ0n) is 16.7. The maximum absolute atomic E-state index is 13.8. The molecule has 0 saturated carbocycles. The van der Waals surface area contributed by atoms with Crippen molar-refractivity contribution in [3.63, 3.8) is 0 Å². The van der Waals surface area contributed by atoms with Crippen molar-refractivity contribution in [1.29, 1.82) is 0 Å². The lowest BCUT2D eigenvalue weighted by atomic mass is 10.1. The number of hydrogen-bond donors (Lipinski definition) is 2. The molecule has 0 aliphatic carbocycles. The summed E-state index contributed by atoms with van der Waals surface area (Å²) in [6, 6.07) is 6.09. The maximum Gasteiger partial charge on any atom is 0.191 e. The van der Waals surface area contributed by atoms with Gasteiger partial charge in [-0.05, 0) is 51.8 Å². The first-order valence-electron chi connectivity index (χ1n) is 9.56. The van der Waals surface area contributed by atoms with Crippen molar-refractivity contribution >= 4 is 5.96 Å². The number of benzene rings is 1. The van der Waals surface area contributed by atoms with Gasteiger partial charge < -0.3 is 15.4 Å². The Bertz CT molecular complexity index is 607. The molecule has 1 aliphatic rings. The second-order valence-corrected chi connectivity index (χ2v) is 7.11. The summed E-state index contributed by atoms with van der Waals surface area (Å²) in [6.07, 6.45) is 0. The topological polar surface area (TPSA) is 48.9 Å². The van der Waals surface area contributed by atoms with E-state index in [4.69, 9.17) is 9.73 Å². The number of aryl methyl sites for hydroxylation is 1. The van der Waals surface area contributed by atoms with Crippen molar-refractivity contribution in [3.8, 4) is 0 Å². The van der Waals surface area contributed by atoms with Crippen molar-refractivity contribution in [2.45, 2.75) is 52.7 Å². The van der Waals surface area contributed by atoms with Crippen molar-refractivity contribution in [2.75, 3.05) is 32.8 Å². The van der Waals surface area contributed by atoms with Crippen molar-refractivity contribution < 1.29 is 9.13 Å². The Kier molecular flexibility index (Phi) is 7.85. The quantitative estimate of drug-likeness (QED) is 0.602. The van der Waals surface area contributed by atoms with Gasteiger partial charge in [0, 0.05) is 25.2 Å². The molecule has 5 nitrogen and oxygen atoms in total. The molecule has 146 valence electrons. The van der Waals surface area contributed by atoms with E-state index in [0.29, 0.717) is 24.2 Å². The molecule has 2 N–H and O–H groups in total. The summed E-state index contributed by atoms with van der Waals surface area (Å²) in [5.74, 6) is 0.585. The van der Waals surface area contributed by atoms with Gasteiger partial charge in [0.25, 0.3) is 0 Å². The summed E-state index contributed by atoms with van der Waals surface area (Å²) < 4.78 is 19.3. The molecule has 0 bridgehead atoms.